The second kappa shape index (κ2) is 5.71. The Bertz CT molecular complexity index is 239. The van der Waals surface area contributed by atoms with E-state index in [1.54, 1.807) is 0 Å². The zero-order valence-corrected chi connectivity index (χ0v) is 12.1. The maximum absolute atomic E-state index is 3.64. The van der Waals surface area contributed by atoms with Gasteiger partial charge < -0.3 is 5.32 Å². The van der Waals surface area contributed by atoms with Gasteiger partial charge in [0.2, 0.25) is 0 Å². The lowest BCUT2D eigenvalue weighted by Gasteiger charge is -2.43. The fraction of sp³-hybridized carbons (Fsp3) is 1.00. The molecule has 0 amide bonds. The largest absolute Gasteiger partial charge is 0.311 e. The van der Waals surface area contributed by atoms with Gasteiger partial charge in [0.05, 0.1) is 0 Å². The third kappa shape index (κ3) is 3.23. The van der Waals surface area contributed by atoms with Crippen molar-refractivity contribution in [2.24, 2.45) is 17.8 Å². The van der Waals surface area contributed by atoms with Gasteiger partial charge in [-0.2, -0.15) is 0 Å². The summed E-state index contributed by atoms with van der Waals surface area (Å²) in [6.07, 6.45) is 4.38. The molecule has 1 heterocycles. The van der Waals surface area contributed by atoms with Crippen LogP contribution in [0.15, 0.2) is 0 Å². The maximum Gasteiger partial charge on any atom is 0.0244 e. The monoisotopic (exact) mass is 238 g/mol. The average molecular weight is 238 g/mol. The van der Waals surface area contributed by atoms with Crippen LogP contribution in [0.5, 0.6) is 0 Å². The molecule has 0 aromatic rings. The van der Waals surface area contributed by atoms with Crippen LogP contribution in [0.3, 0.4) is 0 Å². The average Bonchev–Trinajstić information content (AvgIpc) is 2.64. The Kier molecular flexibility index (Phi) is 4.48. The number of hydrogen-bond donors (Lipinski definition) is 1. The first-order chi connectivity index (χ1) is 8.08. The number of piperazine rings is 1. The van der Waals surface area contributed by atoms with E-state index in [0.717, 1.165) is 23.8 Å². The highest BCUT2D eigenvalue weighted by atomic mass is 15.2. The van der Waals surface area contributed by atoms with Gasteiger partial charge in [-0.15, -0.1) is 0 Å². The van der Waals surface area contributed by atoms with E-state index in [4.69, 9.17) is 0 Å². The summed E-state index contributed by atoms with van der Waals surface area (Å²) in [5.74, 6) is 2.68. The third-order valence-corrected chi connectivity index (χ3v) is 4.93. The molecule has 17 heavy (non-hydrogen) atoms. The first-order valence-electron chi connectivity index (χ1n) is 7.55. The maximum atomic E-state index is 3.64. The quantitative estimate of drug-likeness (QED) is 0.813. The summed E-state index contributed by atoms with van der Waals surface area (Å²) in [7, 11) is 0. The molecule has 2 nitrogen and oxygen atoms in total. The molecule has 2 fully saturated rings. The SMILES string of the molecule is CC1CN(CC2CCCC2C)C(C(C)C)CN1. The van der Waals surface area contributed by atoms with Crippen LogP contribution >= 0.6 is 0 Å². The Labute approximate surface area is 107 Å². The van der Waals surface area contributed by atoms with Crippen molar-refractivity contribution in [3.05, 3.63) is 0 Å². The fourth-order valence-corrected chi connectivity index (χ4v) is 3.66. The highest BCUT2D eigenvalue weighted by Crippen LogP contribution is 2.32. The van der Waals surface area contributed by atoms with Gasteiger partial charge in [0.15, 0.2) is 0 Å². The summed E-state index contributed by atoms with van der Waals surface area (Å²) >= 11 is 0. The molecule has 1 saturated heterocycles. The predicted octanol–water partition coefficient (Wildman–Crippen LogP) is 2.74. The molecule has 1 N–H and O–H groups in total. The third-order valence-electron chi connectivity index (χ3n) is 4.93. The van der Waals surface area contributed by atoms with E-state index in [0.29, 0.717) is 6.04 Å². The second-order valence-electron chi connectivity index (χ2n) is 6.74. The molecular formula is C15H30N2. The lowest BCUT2D eigenvalue weighted by atomic mass is 9.93. The van der Waals surface area contributed by atoms with E-state index in [1.165, 1.54) is 38.9 Å². The van der Waals surface area contributed by atoms with E-state index < -0.39 is 0 Å². The molecule has 2 rings (SSSR count). The van der Waals surface area contributed by atoms with E-state index in [2.05, 4.69) is 37.9 Å². The number of nitrogens with zero attached hydrogens (tertiary/aromatic N) is 1. The minimum absolute atomic E-state index is 0.668. The van der Waals surface area contributed by atoms with Crippen molar-refractivity contribution in [1.29, 1.82) is 0 Å². The first-order valence-corrected chi connectivity index (χ1v) is 7.55. The standard InChI is InChI=1S/C15H30N2/c1-11(2)15-8-16-13(4)9-17(15)10-14-7-5-6-12(14)3/h11-16H,5-10H2,1-4H3. The van der Waals surface area contributed by atoms with Gasteiger partial charge in [-0.1, -0.05) is 33.6 Å². The summed E-state index contributed by atoms with van der Waals surface area (Å²) in [6, 6.07) is 1.42. The van der Waals surface area contributed by atoms with Gasteiger partial charge in [0.1, 0.15) is 0 Å². The molecule has 0 radical (unpaired) electrons. The van der Waals surface area contributed by atoms with E-state index in [9.17, 15) is 0 Å². The van der Waals surface area contributed by atoms with Gasteiger partial charge in [0, 0.05) is 31.7 Å². The Morgan fingerprint density at radius 1 is 1.24 bits per heavy atom. The van der Waals surface area contributed by atoms with Crippen molar-refractivity contribution in [2.75, 3.05) is 19.6 Å². The Morgan fingerprint density at radius 3 is 2.59 bits per heavy atom. The molecule has 1 aliphatic carbocycles. The van der Waals surface area contributed by atoms with Crippen molar-refractivity contribution in [1.82, 2.24) is 10.2 Å². The van der Waals surface area contributed by atoms with Crippen LogP contribution in [-0.2, 0) is 0 Å². The predicted molar refractivity (Wildman–Crippen MR) is 74.2 cm³/mol. The van der Waals surface area contributed by atoms with Crippen molar-refractivity contribution in [3.63, 3.8) is 0 Å². The highest BCUT2D eigenvalue weighted by Gasteiger charge is 2.32. The molecule has 2 heteroatoms. The van der Waals surface area contributed by atoms with E-state index in [1.807, 2.05) is 0 Å². The van der Waals surface area contributed by atoms with E-state index >= 15 is 0 Å². The summed E-state index contributed by atoms with van der Waals surface area (Å²) in [5.41, 5.74) is 0. The molecule has 2 aliphatic rings. The molecular weight excluding hydrogens is 208 g/mol. The van der Waals surface area contributed by atoms with Crippen LogP contribution in [0.4, 0.5) is 0 Å². The molecule has 0 aromatic heterocycles. The lowest BCUT2D eigenvalue weighted by Crippen LogP contribution is -2.58. The van der Waals surface area contributed by atoms with Crippen molar-refractivity contribution in [3.8, 4) is 0 Å². The number of hydrogen-bond acceptors (Lipinski definition) is 2. The molecule has 0 spiro atoms. The summed E-state index contributed by atoms with van der Waals surface area (Å²) in [4.78, 5) is 2.78. The van der Waals surface area contributed by atoms with Crippen molar-refractivity contribution in [2.45, 2.75) is 59.0 Å². The van der Waals surface area contributed by atoms with Crippen molar-refractivity contribution >= 4 is 0 Å². The van der Waals surface area contributed by atoms with Crippen LogP contribution in [0, 0.1) is 17.8 Å². The molecule has 0 bridgehead atoms. The zero-order valence-electron chi connectivity index (χ0n) is 12.1. The van der Waals surface area contributed by atoms with Crippen LogP contribution < -0.4 is 5.32 Å². The number of nitrogens with one attached hydrogen (secondary N) is 1. The Morgan fingerprint density at radius 2 is 2.00 bits per heavy atom. The molecule has 4 unspecified atom stereocenters. The van der Waals surface area contributed by atoms with Gasteiger partial charge in [0.25, 0.3) is 0 Å². The normalized spacial score (nSPS) is 40.1. The first kappa shape index (κ1) is 13.4. The highest BCUT2D eigenvalue weighted by molar-refractivity contribution is 4.88. The smallest absolute Gasteiger partial charge is 0.0244 e. The summed E-state index contributed by atoms with van der Waals surface area (Å²) < 4.78 is 0. The second-order valence-corrected chi connectivity index (χ2v) is 6.74. The van der Waals surface area contributed by atoms with Crippen LogP contribution in [0.1, 0.15) is 47.0 Å². The van der Waals surface area contributed by atoms with E-state index in [-0.39, 0.29) is 0 Å². The Hall–Kier alpha value is -0.0800. The molecule has 1 saturated carbocycles. The van der Waals surface area contributed by atoms with Gasteiger partial charge in [-0.3, -0.25) is 4.90 Å². The van der Waals surface area contributed by atoms with Crippen molar-refractivity contribution < 1.29 is 0 Å². The van der Waals surface area contributed by atoms with Gasteiger partial charge in [-0.05, 0) is 31.1 Å². The Balaban J connectivity index is 1.94. The van der Waals surface area contributed by atoms with Gasteiger partial charge in [-0.25, -0.2) is 0 Å². The minimum atomic E-state index is 0.668. The zero-order chi connectivity index (χ0) is 12.4. The molecule has 100 valence electrons. The van der Waals surface area contributed by atoms with Gasteiger partial charge >= 0.3 is 0 Å². The topological polar surface area (TPSA) is 15.3 Å². The number of rotatable bonds is 3. The van der Waals surface area contributed by atoms with Crippen LogP contribution in [0.25, 0.3) is 0 Å². The summed E-state index contributed by atoms with van der Waals surface area (Å²) in [6.45, 7) is 13.3. The summed E-state index contributed by atoms with van der Waals surface area (Å²) in [5, 5.41) is 3.64. The molecule has 1 aliphatic heterocycles. The lowest BCUT2D eigenvalue weighted by molar-refractivity contribution is 0.0793. The van der Waals surface area contributed by atoms with Crippen LogP contribution in [-0.4, -0.2) is 36.6 Å². The minimum Gasteiger partial charge on any atom is -0.311 e. The van der Waals surface area contributed by atoms with Crippen LogP contribution in [0.2, 0.25) is 0 Å². The fourth-order valence-electron chi connectivity index (χ4n) is 3.66. The molecule has 0 aromatic carbocycles. The molecule has 4 atom stereocenters.